The van der Waals surface area contributed by atoms with E-state index in [1.807, 2.05) is 73.7 Å². The maximum absolute atomic E-state index is 12.6. The molecule has 4 aromatic rings. The number of ether oxygens (including phenoxy) is 1. The number of benzene rings is 3. The number of phenolic OH excluding ortho intramolecular Hbond substituents is 1. The van der Waals surface area contributed by atoms with Gasteiger partial charge in [-0.05, 0) is 67.3 Å². The highest BCUT2D eigenvalue weighted by Gasteiger charge is 2.24. The molecule has 0 bridgehead atoms. The lowest BCUT2D eigenvalue weighted by Gasteiger charge is -2.14. The average Bonchev–Trinajstić information content (AvgIpc) is 3.11. The monoisotopic (exact) mass is 454 g/mol. The average molecular weight is 455 g/mol. The van der Waals surface area contributed by atoms with Gasteiger partial charge in [0.05, 0.1) is 5.56 Å². The van der Waals surface area contributed by atoms with E-state index in [2.05, 4.69) is 11.5 Å². The number of rotatable bonds is 9. The zero-order chi connectivity index (χ0) is 24.1. The molecule has 0 saturated heterocycles. The number of para-hydroxylation sites is 1. The van der Waals surface area contributed by atoms with E-state index in [9.17, 15) is 9.90 Å². The minimum atomic E-state index is -0.428. The summed E-state index contributed by atoms with van der Waals surface area (Å²) >= 11 is 0. The number of aromatic nitrogens is 1. The van der Waals surface area contributed by atoms with Gasteiger partial charge in [0.1, 0.15) is 17.2 Å². The van der Waals surface area contributed by atoms with Gasteiger partial charge in [-0.3, -0.25) is 4.79 Å². The summed E-state index contributed by atoms with van der Waals surface area (Å²) in [5.74, 6) is 1.29. The number of nitrogens with zero attached hydrogens (tertiary/aromatic N) is 1. The summed E-state index contributed by atoms with van der Waals surface area (Å²) in [6, 6.07) is 24.7. The Morgan fingerprint density at radius 3 is 2.32 bits per heavy atom. The van der Waals surface area contributed by atoms with Crippen molar-refractivity contribution in [2.75, 3.05) is 0 Å². The molecule has 3 N–H and O–H groups in total. The number of phenols is 1. The molecule has 34 heavy (non-hydrogen) atoms. The van der Waals surface area contributed by atoms with E-state index < -0.39 is 5.91 Å². The molecule has 1 aromatic heterocycles. The van der Waals surface area contributed by atoms with Crippen LogP contribution in [0.4, 0.5) is 0 Å². The van der Waals surface area contributed by atoms with Crippen LogP contribution in [0, 0.1) is 6.92 Å². The van der Waals surface area contributed by atoms with Gasteiger partial charge >= 0.3 is 0 Å². The van der Waals surface area contributed by atoms with Crippen molar-refractivity contribution in [2.24, 2.45) is 5.73 Å². The Morgan fingerprint density at radius 2 is 1.65 bits per heavy atom. The van der Waals surface area contributed by atoms with E-state index in [1.54, 1.807) is 12.1 Å². The van der Waals surface area contributed by atoms with Crippen molar-refractivity contribution in [3.05, 3.63) is 101 Å². The van der Waals surface area contributed by atoms with Crippen LogP contribution in [-0.4, -0.2) is 15.6 Å². The molecule has 0 aliphatic heterocycles. The van der Waals surface area contributed by atoms with Crippen molar-refractivity contribution >= 4 is 5.91 Å². The molecule has 0 radical (unpaired) electrons. The van der Waals surface area contributed by atoms with Gasteiger partial charge in [-0.25, -0.2) is 0 Å². The maximum Gasteiger partial charge on any atom is 0.251 e. The fourth-order valence-corrected chi connectivity index (χ4v) is 4.45. The van der Waals surface area contributed by atoms with E-state index in [1.165, 1.54) is 0 Å². The summed E-state index contributed by atoms with van der Waals surface area (Å²) in [5, 5.41) is 9.58. The third kappa shape index (κ3) is 4.99. The number of aryl methyl sites for hydroxylation is 1. The number of hydrogen-bond acceptors (Lipinski definition) is 3. The van der Waals surface area contributed by atoms with Crippen molar-refractivity contribution in [2.45, 2.75) is 39.7 Å². The Balaban J connectivity index is 1.75. The number of aromatic hydroxyl groups is 1. The van der Waals surface area contributed by atoms with Crippen LogP contribution in [0.5, 0.6) is 17.2 Å². The van der Waals surface area contributed by atoms with Crippen LogP contribution in [0.25, 0.3) is 11.1 Å². The number of nitrogens with two attached hydrogens (primary N) is 1. The first-order valence-electron chi connectivity index (χ1n) is 11.6. The van der Waals surface area contributed by atoms with E-state index in [0.29, 0.717) is 17.9 Å². The van der Waals surface area contributed by atoms with Crippen molar-refractivity contribution < 1.29 is 14.6 Å². The van der Waals surface area contributed by atoms with Gasteiger partial charge in [0, 0.05) is 23.5 Å². The van der Waals surface area contributed by atoms with Crippen molar-refractivity contribution in [1.82, 2.24) is 4.57 Å². The first kappa shape index (κ1) is 23.2. The number of primary amides is 1. The summed E-state index contributed by atoms with van der Waals surface area (Å²) in [6.45, 7) is 4.81. The molecule has 1 heterocycles. The van der Waals surface area contributed by atoms with Crippen LogP contribution in [0.15, 0.2) is 78.9 Å². The highest BCUT2D eigenvalue weighted by Crippen LogP contribution is 2.36. The van der Waals surface area contributed by atoms with Crippen molar-refractivity contribution in [1.29, 1.82) is 0 Å². The summed E-state index contributed by atoms with van der Waals surface area (Å²) in [7, 11) is 0. The zero-order valence-electron chi connectivity index (χ0n) is 19.6. The fraction of sp³-hybridized carbons (Fsp3) is 0.207. The lowest BCUT2D eigenvalue weighted by molar-refractivity contribution is 0.1000. The smallest absolute Gasteiger partial charge is 0.251 e. The number of carbonyl (C=O) groups is 1. The Kier molecular flexibility index (Phi) is 7.02. The number of amides is 1. The Hall–Kier alpha value is -3.99. The molecule has 5 nitrogen and oxygen atoms in total. The van der Waals surface area contributed by atoms with Gasteiger partial charge in [-0.1, -0.05) is 55.8 Å². The molecule has 4 rings (SSSR count). The Morgan fingerprint density at radius 1 is 0.941 bits per heavy atom. The standard InChI is InChI=1S/C29H30N2O3/c1-3-8-26-28(22-9-7-12-25(19-22)34-24-10-5-4-6-11-24)27(29(30)33)20(2)31(26)18-17-21-13-15-23(32)16-14-21/h4-7,9-16,19,32H,3,8,17-18H2,1-2H3,(H2,30,33). The molecular formula is C29H30N2O3. The minimum Gasteiger partial charge on any atom is -0.508 e. The summed E-state index contributed by atoms with van der Waals surface area (Å²) in [5.41, 5.74) is 11.4. The second-order valence-corrected chi connectivity index (χ2v) is 8.41. The van der Waals surface area contributed by atoms with Crippen LogP contribution >= 0.6 is 0 Å². The quantitative estimate of drug-likeness (QED) is 0.313. The number of hydrogen-bond donors (Lipinski definition) is 2. The van der Waals surface area contributed by atoms with E-state index >= 15 is 0 Å². The zero-order valence-corrected chi connectivity index (χ0v) is 19.6. The molecule has 0 unspecified atom stereocenters. The van der Waals surface area contributed by atoms with Gasteiger partial charge in [0.2, 0.25) is 0 Å². The maximum atomic E-state index is 12.6. The third-order valence-corrected chi connectivity index (χ3v) is 6.03. The van der Waals surface area contributed by atoms with Gasteiger partial charge in [-0.2, -0.15) is 0 Å². The molecule has 3 aromatic carbocycles. The van der Waals surface area contributed by atoms with Crippen LogP contribution in [0.2, 0.25) is 0 Å². The lowest BCUT2D eigenvalue weighted by atomic mass is 9.98. The molecule has 0 aliphatic rings. The van der Waals surface area contributed by atoms with E-state index in [4.69, 9.17) is 10.5 Å². The summed E-state index contributed by atoms with van der Waals surface area (Å²) < 4.78 is 8.27. The topological polar surface area (TPSA) is 77.5 Å². The van der Waals surface area contributed by atoms with E-state index in [0.717, 1.165) is 53.1 Å². The molecule has 5 heteroatoms. The largest absolute Gasteiger partial charge is 0.508 e. The van der Waals surface area contributed by atoms with Crippen LogP contribution in [0.1, 0.15) is 40.7 Å². The molecular weight excluding hydrogens is 424 g/mol. The predicted molar refractivity (Wildman–Crippen MR) is 135 cm³/mol. The molecule has 0 aliphatic carbocycles. The SMILES string of the molecule is CCCc1c(-c2cccc(Oc3ccccc3)c2)c(C(N)=O)c(C)n1CCc1ccc(O)cc1. The van der Waals surface area contributed by atoms with Gasteiger partial charge in [-0.15, -0.1) is 0 Å². The Bertz CT molecular complexity index is 1270. The third-order valence-electron chi connectivity index (χ3n) is 6.03. The Labute approximate surface area is 200 Å². The van der Waals surface area contributed by atoms with Crippen LogP contribution < -0.4 is 10.5 Å². The highest BCUT2D eigenvalue weighted by molar-refractivity contribution is 6.02. The van der Waals surface area contributed by atoms with E-state index in [-0.39, 0.29) is 5.75 Å². The first-order chi connectivity index (χ1) is 16.5. The normalized spacial score (nSPS) is 10.9. The second-order valence-electron chi connectivity index (χ2n) is 8.41. The summed E-state index contributed by atoms with van der Waals surface area (Å²) in [4.78, 5) is 12.6. The summed E-state index contributed by atoms with van der Waals surface area (Å²) in [6.07, 6.45) is 2.54. The molecule has 0 saturated carbocycles. The molecule has 174 valence electrons. The number of carbonyl (C=O) groups excluding carboxylic acids is 1. The van der Waals surface area contributed by atoms with Crippen LogP contribution in [-0.2, 0) is 19.4 Å². The van der Waals surface area contributed by atoms with Gasteiger partial charge < -0.3 is 20.1 Å². The fourth-order valence-electron chi connectivity index (χ4n) is 4.45. The highest BCUT2D eigenvalue weighted by atomic mass is 16.5. The predicted octanol–water partition coefficient (Wildman–Crippen LogP) is 6.26. The van der Waals surface area contributed by atoms with Gasteiger partial charge in [0.15, 0.2) is 0 Å². The first-order valence-corrected chi connectivity index (χ1v) is 11.6. The lowest BCUT2D eigenvalue weighted by Crippen LogP contribution is -2.14. The second kappa shape index (κ2) is 10.3. The molecule has 1 amide bonds. The molecule has 0 atom stereocenters. The molecule has 0 fully saturated rings. The van der Waals surface area contributed by atoms with Crippen molar-refractivity contribution in [3.63, 3.8) is 0 Å². The van der Waals surface area contributed by atoms with Gasteiger partial charge in [0.25, 0.3) is 5.91 Å². The van der Waals surface area contributed by atoms with Crippen molar-refractivity contribution in [3.8, 4) is 28.4 Å². The minimum absolute atomic E-state index is 0.253. The van der Waals surface area contributed by atoms with Crippen LogP contribution in [0.3, 0.4) is 0 Å². The molecule has 0 spiro atoms.